The Morgan fingerprint density at radius 3 is 2.41 bits per heavy atom. The molecule has 1 aromatic carbocycles. The van der Waals surface area contributed by atoms with E-state index in [2.05, 4.69) is 15.1 Å². The number of aryl methyl sites for hydroxylation is 1. The van der Waals surface area contributed by atoms with Gasteiger partial charge >= 0.3 is 6.18 Å². The maximum atomic E-state index is 14.6. The zero-order valence-corrected chi connectivity index (χ0v) is 14.4. The van der Waals surface area contributed by atoms with Crippen molar-refractivity contribution in [2.45, 2.75) is 19.5 Å². The molecule has 0 radical (unpaired) electrons. The fourth-order valence-electron chi connectivity index (χ4n) is 3.05. The third-order valence-electron chi connectivity index (χ3n) is 4.69. The van der Waals surface area contributed by atoms with Gasteiger partial charge in [-0.15, -0.1) is 0 Å². The van der Waals surface area contributed by atoms with Gasteiger partial charge in [0.1, 0.15) is 17.3 Å². The minimum absolute atomic E-state index is 0.0613. The van der Waals surface area contributed by atoms with Crippen molar-refractivity contribution in [1.82, 2.24) is 19.7 Å². The zero-order valence-electron chi connectivity index (χ0n) is 14.4. The lowest BCUT2D eigenvalue weighted by Crippen LogP contribution is -2.38. The van der Waals surface area contributed by atoms with Crippen molar-refractivity contribution in [3.8, 4) is 11.3 Å². The molecule has 1 aliphatic rings. The van der Waals surface area contributed by atoms with E-state index in [-0.39, 0.29) is 5.69 Å². The van der Waals surface area contributed by atoms with Gasteiger partial charge in [0.25, 0.3) is 0 Å². The number of rotatable bonds is 2. The van der Waals surface area contributed by atoms with Crippen molar-refractivity contribution in [3.05, 3.63) is 35.0 Å². The normalized spacial score (nSPS) is 14.7. The van der Waals surface area contributed by atoms with Crippen LogP contribution in [0.1, 0.15) is 17.5 Å². The molecule has 10 heteroatoms. The van der Waals surface area contributed by atoms with Gasteiger partial charge in [-0.2, -0.15) is 23.3 Å². The highest BCUT2D eigenvalue weighted by Crippen LogP contribution is 2.39. The maximum absolute atomic E-state index is 14.6. The number of anilines is 1. The summed E-state index contributed by atoms with van der Waals surface area (Å²) in [6, 6.07) is 0.447. The van der Waals surface area contributed by atoms with Gasteiger partial charge in [0, 0.05) is 37.5 Å². The second-order valence-corrected chi connectivity index (χ2v) is 6.44. The fourth-order valence-corrected chi connectivity index (χ4v) is 3.05. The second-order valence-electron chi connectivity index (χ2n) is 6.44. The molecule has 3 heterocycles. The predicted molar refractivity (Wildman–Crippen MR) is 88.2 cm³/mol. The highest BCUT2D eigenvalue weighted by Gasteiger charge is 2.37. The summed E-state index contributed by atoms with van der Waals surface area (Å²) in [6.07, 6.45) is -2.52. The summed E-state index contributed by atoms with van der Waals surface area (Å²) in [6.45, 7) is 2.60. The number of hydrogen-bond donors (Lipinski definition) is 0. The van der Waals surface area contributed by atoms with Gasteiger partial charge in [0.05, 0.1) is 10.9 Å². The van der Waals surface area contributed by atoms with Gasteiger partial charge in [0.15, 0.2) is 5.65 Å². The molecular weight excluding hydrogens is 369 g/mol. The molecule has 4 rings (SSSR count). The quantitative estimate of drug-likeness (QED) is 0.631. The monoisotopic (exact) mass is 383 g/mol. The van der Waals surface area contributed by atoms with Crippen LogP contribution >= 0.6 is 0 Å². The summed E-state index contributed by atoms with van der Waals surface area (Å²) in [5.41, 5.74) is -2.39. The van der Waals surface area contributed by atoms with E-state index in [0.29, 0.717) is 23.0 Å². The average Bonchev–Trinajstić information content (AvgIpc) is 2.87. The van der Waals surface area contributed by atoms with Gasteiger partial charge in [-0.3, -0.25) is 0 Å². The highest BCUT2D eigenvalue weighted by atomic mass is 19.4. The standard InChI is InChI=1S/C17H14F5N5/c1-8-12(18)9(6-11(13(8)19)17(20,21)22)14-10-7-23-16(27-4-3-5-27)24-15(10)26(2)25-14/h6-7H,3-5H2,1-2H3. The van der Waals surface area contributed by atoms with Crippen molar-refractivity contribution >= 4 is 17.0 Å². The molecule has 0 aliphatic carbocycles. The number of halogens is 5. The number of benzene rings is 1. The SMILES string of the molecule is Cc1c(F)c(-c2nn(C)c3nc(N4CCC4)ncc23)cc(C(F)(F)F)c1F. The van der Waals surface area contributed by atoms with E-state index >= 15 is 0 Å². The second kappa shape index (κ2) is 5.86. The molecule has 27 heavy (non-hydrogen) atoms. The Labute approximate surface area is 150 Å². The maximum Gasteiger partial charge on any atom is 0.419 e. The van der Waals surface area contributed by atoms with Gasteiger partial charge < -0.3 is 4.90 Å². The summed E-state index contributed by atoms with van der Waals surface area (Å²) in [5, 5.41) is 4.42. The molecule has 1 saturated heterocycles. The van der Waals surface area contributed by atoms with E-state index in [0.717, 1.165) is 26.4 Å². The van der Waals surface area contributed by atoms with E-state index in [4.69, 9.17) is 0 Å². The van der Waals surface area contributed by atoms with Gasteiger partial charge in [-0.05, 0) is 19.4 Å². The van der Waals surface area contributed by atoms with E-state index in [1.807, 2.05) is 4.90 Å². The van der Waals surface area contributed by atoms with Crippen molar-refractivity contribution in [2.24, 2.45) is 7.05 Å². The molecule has 5 nitrogen and oxygen atoms in total. The summed E-state index contributed by atoms with van der Waals surface area (Å²) >= 11 is 0. The molecule has 1 aliphatic heterocycles. The Morgan fingerprint density at radius 1 is 1.11 bits per heavy atom. The molecule has 0 amide bonds. The number of nitrogens with zero attached hydrogens (tertiary/aromatic N) is 5. The molecule has 3 aromatic rings. The zero-order chi connectivity index (χ0) is 19.5. The Bertz CT molecular complexity index is 1050. The first-order valence-electron chi connectivity index (χ1n) is 8.19. The lowest BCUT2D eigenvalue weighted by atomic mass is 10.0. The molecular formula is C17H14F5N5. The molecule has 2 aromatic heterocycles. The minimum Gasteiger partial charge on any atom is -0.341 e. The molecule has 0 saturated carbocycles. The van der Waals surface area contributed by atoms with Crippen LogP contribution < -0.4 is 4.90 Å². The lowest BCUT2D eigenvalue weighted by Gasteiger charge is -2.30. The number of hydrogen-bond acceptors (Lipinski definition) is 4. The molecule has 0 bridgehead atoms. The number of aromatic nitrogens is 4. The van der Waals surface area contributed by atoms with Crippen molar-refractivity contribution in [2.75, 3.05) is 18.0 Å². The number of alkyl halides is 3. The van der Waals surface area contributed by atoms with Gasteiger partial charge in [-0.25, -0.2) is 18.4 Å². The summed E-state index contributed by atoms with van der Waals surface area (Å²) < 4.78 is 69.3. The Morgan fingerprint density at radius 2 is 1.81 bits per heavy atom. The van der Waals surface area contributed by atoms with E-state index in [9.17, 15) is 22.0 Å². The Kier molecular flexibility index (Phi) is 3.83. The minimum atomic E-state index is -4.96. The fraction of sp³-hybridized carbons (Fsp3) is 0.353. The van der Waals surface area contributed by atoms with Crippen LogP contribution in [0.2, 0.25) is 0 Å². The highest BCUT2D eigenvalue weighted by molar-refractivity contribution is 5.91. The van der Waals surface area contributed by atoms with Gasteiger partial charge in [0.2, 0.25) is 5.95 Å². The van der Waals surface area contributed by atoms with Crippen molar-refractivity contribution < 1.29 is 22.0 Å². The third kappa shape index (κ3) is 2.70. The van der Waals surface area contributed by atoms with Gasteiger partial charge in [-0.1, -0.05) is 0 Å². The van der Waals surface area contributed by atoms with E-state index in [1.165, 1.54) is 10.9 Å². The Hall–Kier alpha value is -2.78. The molecule has 1 fully saturated rings. The first-order chi connectivity index (χ1) is 12.7. The van der Waals surface area contributed by atoms with E-state index in [1.54, 1.807) is 7.05 Å². The van der Waals surface area contributed by atoms with Crippen LogP contribution in [-0.2, 0) is 13.2 Å². The summed E-state index contributed by atoms with van der Waals surface area (Å²) in [7, 11) is 1.55. The van der Waals surface area contributed by atoms with Crippen LogP contribution in [0.25, 0.3) is 22.3 Å². The lowest BCUT2D eigenvalue weighted by molar-refractivity contribution is -0.140. The first-order valence-corrected chi connectivity index (χ1v) is 8.19. The molecule has 0 unspecified atom stereocenters. The summed E-state index contributed by atoms with van der Waals surface area (Å²) in [5.74, 6) is -2.23. The topological polar surface area (TPSA) is 46.8 Å². The number of fused-ring (bicyclic) bond motifs is 1. The van der Waals surface area contributed by atoms with Crippen LogP contribution in [0.4, 0.5) is 27.9 Å². The predicted octanol–water partition coefficient (Wildman–Crippen LogP) is 3.85. The van der Waals surface area contributed by atoms with Crippen LogP contribution in [0.3, 0.4) is 0 Å². The first kappa shape index (κ1) is 17.6. The molecule has 0 atom stereocenters. The van der Waals surface area contributed by atoms with Crippen LogP contribution in [0, 0.1) is 18.6 Å². The van der Waals surface area contributed by atoms with Crippen LogP contribution in [0.5, 0.6) is 0 Å². The molecule has 142 valence electrons. The Balaban J connectivity index is 1.93. The smallest absolute Gasteiger partial charge is 0.341 e. The van der Waals surface area contributed by atoms with Crippen molar-refractivity contribution in [1.29, 1.82) is 0 Å². The average molecular weight is 383 g/mol. The molecule has 0 N–H and O–H groups in total. The van der Waals surface area contributed by atoms with Crippen molar-refractivity contribution in [3.63, 3.8) is 0 Å². The third-order valence-corrected chi connectivity index (χ3v) is 4.69. The van der Waals surface area contributed by atoms with E-state index < -0.39 is 34.5 Å². The largest absolute Gasteiger partial charge is 0.419 e. The summed E-state index contributed by atoms with van der Waals surface area (Å²) in [4.78, 5) is 10.5. The van der Waals surface area contributed by atoms with Crippen LogP contribution in [-0.4, -0.2) is 32.8 Å². The molecule has 0 spiro atoms. The van der Waals surface area contributed by atoms with Crippen LogP contribution in [0.15, 0.2) is 12.3 Å².